The fourth-order valence-electron chi connectivity index (χ4n) is 2.63. The van der Waals surface area contributed by atoms with Gasteiger partial charge < -0.3 is 10.1 Å². The molecule has 0 saturated heterocycles. The standard InChI is InChI=1S/C18H21N5O2/c1-5-25-15-8-6-14(7-9-15)13(4)20-17(24)16-21-18-19-11(2)10-12(3)23(18)22-16/h6-10,13H,5H2,1-4H3,(H,20,24). The maximum Gasteiger partial charge on any atom is 0.291 e. The first-order valence-electron chi connectivity index (χ1n) is 8.22. The molecule has 0 aliphatic rings. The number of hydrogen-bond donors (Lipinski definition) is 1. The quantitative estimate of drug-likeness (QED) is 0.773. The molecular weight excluding hydrogens is 318 g/mol. The van der Waals surface area contributed by atoms with Crippen molar-refractivity contribution in [1.29, 1.82) is 0 Å². The molecule has 1 unspecified atom stereocenters. The van der Waals surface area contributed by atoms with Crippen LogP contribution in [0.5, 0.6) is 5.75 Å². The number of aryl methyl sites for hydroxylation is 2. The lowest BCUT2D eigenvalue weighted by atomic mass is 10.1. The van der Waals surface area contributed by atoms with Gasteiger partial charge in [-0.3, -0.25) is 4.79 Å². The van der Waals surface area contributed by atoms with Gasteiger partial charge in [0, 0.05) is 11.4 Å². The van der Waals surface area contributed by atoms with Gasteiger partial charge in [-0.15, -0.1) is 5.10 Å². The third-order valence-electron chi connectivity index (χ3n) is 3.86. The number of carbonyl (C=O) groups excluding carboxylic acids is 1. The van der Waals surface area contributed by atoms with Crippen LogP contribution in [0.3, 0.4) is 0 Å². The predicted molar refractivity (Wildman–Crippen MR) is 93.7 cm³/mol. The zero-order chi connectivity index (χ0) is 18.0. The summed E-state index contributed by atoms with van der Waals surface area (Å²) in [7, 11) is 0. The molecule has 2 aromatic heterocycles. The summed E-state index contributed by atoms with van der Waals surface area (Å²) in [6.45, 7) is 8.27. The number of nitrogens with one attached hydrogen (secondary N) is 1. The largest absolute Gasteiger partial charge is 0.494 e. The molecule has 1 amide bonds. The van der Waals surface area contributed by atoms with Gasteiger partial charge in [-0.1, -0.05) is 12.1 Å². The van der Waals surface area contributed by atoms with Gasteiger partial charge >= 0.3 is 0 Å². The highest BCUT2D eigenvalue weighted by Gasteiger charge is 2.17. The molecule has 0 fully saturated rings. The molecule has 0 spiro atoms. The number of hydrogen-bond acceptors (Lipinski definition) is 5. The Balaban J connectivity index is 1.76. The lowest BCUT2D eigenvalue weighted by molar-refractivity contribution is 0.0929. The van der Waals surface area contributed by atoms with Gasteiger partial charge in [0.25, 0.3) is 11.7 Å². The zero-order valence-corrected chi connectivity index (χ0v) is 14.8. The molecule has 2 heterocycles. The van der Waals surface area contributed by atoms with Gasteiger partial charge in [-0.05, 0) is 51.5 Å². The van der Waals surface area contributed by atoms with Crippen molar-refractivity contribution >= 4 is 11.7 Å². The number of carbonyl (C=O) groups is 1. The summed E-state index contributed by atoms with van der Waals surface area (Å²) in [5.74, 6) is 1.02. The highest BCUT2D eigenvalue weighted by Crippen LogP contribution is 2.18. The van der Waals surface area contributed by atoms with Crippen LogP contribution in [0.4, 0.5) is 0 Å². The summed E-state index contributed by atoms with van der Waals surface area (Å²) in [5.41, 5.74) is 2.70. The van der Waals surface area contributed by atoms with Crippen molar-refractivity contribution in [3.8, 4) is 5.75 Å². The van der Waals surface area contributed by atoms with E-state index < -0.39 is 0 Å². The number of aromatic nitrogens is 4. The van der Waals surface area contributed by atoms with E-state index in [-0.39, 0.29) is 17.8 Å². The van der Waals surface area contributed by atoms with Crippen LogP contribution in [0.15, 0.2) is 30.3 Å². The number of rotatable bonds is 5. The maximum absolute atomic E-state index is 12.5. The van der Waals surface area contributed by atoms with Crippen molar-refractivity contribution in [1.82, 2.24) is 24.9 Å². The summed E-state index contributed by atoms with van der Waals surface area (Å²) in [4.78, 5) is 21.0. The molecule has 7 nitrogen and oxygen atoms in total. The van der Waals surface area contributed by atoms with E-state index in [2.05, 4.69) is 20.4 Å². The Morgan fingerprint density at radius 3 is 2.64 bits per heavy atom. The van der Waals surface area contributed by atoms with Crippen molar-refractivity contribution in [3.63, 3.8) is 0 Å². The first-order valence-corrected chi connectivity index (χ1v) is 8.22. The van der Waals surface area contributed by atoms with Gasteiger partial charge in [0.2, 0.25) is 5.82 Å². The Morgan fingerprint density at radius 1 is 1.24 bits per heavy atom. The summed E-state index contributed by atoms with van der Waals surface area (Å²) in [5, 5.41) is 7.16. The van der Waals surface area contributed by atoms with Crippen LogP contribution < -0.4 is 10.1 Å². The molecule has 3 rings (SSSR count). The fourth-order valence-corrected chi connectivity index (χ4v) is 2.63. The molecule has 25 heavy (non-hydrogen) atoms. The van der Waals surface area contributed by atoms with Crippen molar-refractivity contribution in [2.24, 2.45) is 0 Å². The zero-order valence-electron chi connectivity index (χ0n) is 14.8. The van der Waals surface area contributed by atoms with E-state index in [0.717, 1.165) is 22.7 Å². The van der Waals surface area contributed by atoms with Crippen LogP contribution in [0.1, 0.15) is 47.5 Å². The van der Waals surface area contributed by atoms with Crippen molar-refractivity contribution in [2.75, 3.05) is 6.61 Å². The van der Waals surface area contributed by atoms with E-state index in [1.165, 1.54) is 0 Å². The molecule has 0 radical (unpaired) electrons. The van der Waals surface area contributed by atoms with E-state index in [9.17, 15) is 4.79 Å². The van der Waals surface area contributed by atoms with Crippen LogP contribution in [0.2, 0.25) is 0 Å². The third kappa shape index (κ3) is 3.60. The second-order valence-electron chi connectivity index (χ2n) is 5.88. The summed E-state index contributed by atoms with van der Waals surface area (Å²) in [6.07, 6.45) is 0. The van der Waals surface area contributed by atoms with Gasteiger partial charge in [0.15, 0.2) is 0 Å². The third-order valence-corrected chi connectivity index (χ3v) is 3.86. The Kier molecular flexibility index (Phi) is 4.65. The second kappa shape index (κ2) is 6.88. The summed E-state index contributed by atoms with van der Waals surface area (Å²) < 4.78 is 7.00. The molecule has 0 aliphatic carbocycles. The molecule has 0 aliphatic heterocycles. The molecule has 1 aromatic carbocycles. The number of benzene rings is 1. The average molecular weight is 339 g/mol. The van der Waals surface area contributed by atoms with Gasteiger partial charge in [0.1, 0.15) is 5.75 Å². The molecule has 130 valence electrons. The number of ether oxygens (including phenoxy) is 1. The Hall–Kier alpha value is -2.96. The summed E-state index contributed by atoms with van der Waals surface area (Å²) >= 11 is 0. The molecular formula is C18H21N5O2. The highest BCUT2D eigenvalue weighted by molar-refractivity contribution is 5.91. The van der Waals surface area contributed by atoms with Gasteiger partial charge in [-0.2, -0.15) is 4.98 Å². The maximum atomic E-state index is 12.5. The SMILES string of the molecule is CCOc1ccc(C(C)NC(=O)c2nc3nc(C)cc(C)n3n2)cc1. The highest BCUT2D eigenvalue weighted by atomic mass is 16.5. The minimum atomic E-state index is -0.330. The number of nitrogens with zero attached hydrogens (tertiary/aromatic N) is 4. The van der Waals surface area contributed by atoms with Crippen LogP contribution in [0, 0.1) is 13.8 Å². The molecule has 0 bridgehead atoms. The lowest BCUT2D eigenvalue weighted by Gasteiger charge is -2.13. The van der Waals surface area contributed by atoms with E-state index in [0.29, 0.717) is 12.4 Å². The molecule has 7 heteroatoms. The number of amides is 1. The van der Waals surface area contributed by atoms with Gasteiger partial charge in [-0.25, -0.2) is 9.50 Å². The monoisotopic (exact) mass is 339 g/mol. The first-order chi connectivity index (χ1) is 12.0. The van der Waals surface area contributed by atoms with Crippen LogP contribution >= 0.6 is 0 Å². The normalized spacial score (nSPS) is 12.2. The smallest absolute Gasteiger partial charge is 0.291 e. The van der Waals surface area contributed by atoms with E-state index >= 15 is 0 Å². The molecule has 0 saturated carbocycles. The van der Waals surface area contributed by atoms with E-state index in [4.69, 9.17) is 4.74 Å². The van der Waals surface area contributed by atoms with Crippen molar-refractivity contribution < 1.29 is 9.53 Å². The average Bonchev–Trinajstić information content (AvgIpc) is 3.00. The van der Waals surface area contributed by atoms with Crippen LogP contribution in [0.25, 0.3) is 5.78 Å². The van der Waals surface area contributed by atoms with Crippen LogP contribution in [-0.2, 0) is 0 Å². The molecule has 1 N–H and O–H groups in total. The van der Waals surface area contributed by atoms with Crippen molar-refractivity contribution in [3.05, 3.63) is 53.1 Å². The van der Waals surface area contributed by atoms with Crippen molar-refractivity contribution in [2.45, 2.75) is 33.7 Å². The molecule has 3 aromatic rings. The minimum Gasteiger partial charge on any atom is -0.494 e. The Labute approximate surface area is 146 Å². The summed E-state index contributed by atoms with van der Waals surface area (Å²) in [6, 6.07) is 9.36. The Bertz CT molecular complexity index is 902. The fraction of sp³-hybridized carbons (Fsp3) is 0.333. The predicted octanol–water partition coefficient (Wildman–Crippen LogP) is 2.63. The topological polar surface area (TPSA) is 81.4 Å². The number of fused-ring (bicyclic) bond motifs is 1. The molecule has 1 atom stereocenters. The second-order valence-corrected chi connectivity index (χ2v) is 5.88. The Morgan fingerprint density at radius 2 is 1.96 bits per heavy atom. The lowest BCUT2D eigenvalue weighted by Crippen LogP contribution is -2.27. The first kappa shape index (κ1) is 16.9. The van der Waals surface area contributed by atoms with Gasteiger partial charge in [0.05, 0.1) is 12.6 Å². The van der Waals surface area contributed by atoms with Crippen LogP contribution in [-0.4, -0.2) is 32.1 Å². The van der Waals surface area contributed by atoms with E-state index in [1.807, 2.05) is 58.0 Å². The van der Waals surface area contributed by atoms with E-state index in [1.54, 1.807) is 4.52 Å². The minimum absolute atomic E-state index is 0.110.